The molecular formula is C23H30O4Si. The van der Waals surface area contributed by atoms with E-state index in [1.54, 1.807) is 36.4 Å². The fraction of sp³-hybridized carbons (Fsp3) is 0.391. The summed E-state index contributed by atoms with van der Waals surface area (Å²) >= 11 is 0. The topological polar surface area (TPSA) is 63.6 Å². The van der Waals surface area contributed by atoms with E-state index in [1.165, 1.54) is 0 Å². The summed E-state index contributed by atoms with van der Waals surface area (Å²) in [5, 5.41) is 9.01. The van der Waals surface area contributed by atoms with Gasteiger partial charge in [-0.2, -0.15) is 0 Å². The number of rotatable bonds is 7. The highest BCUT2D eigenvalue weighted by molar-refractivity contribution is 6.79. The fourth-order valence-electron chi connectivity index (χ4n) is 4.18. The molecule has 1 N–H and O–H groups in total. The predicted octanol–water partition coefficient (Wildman–Crippen LogP) is 6.38. The summed E-state index contributed by atoms with van der Waals surface area (Å²) in [6, 6.07) is 14.0. The Morgan fingerprint density at radius 3 is 1.39 bits per heavy atom. The van der Waals surface area contributed by atoms with Gasteiger partial charge in [0.15, 0.2) is 0 Å². The Labute approximate surface area is 168 Å². The molecule has 0 bridgehead atoms. The Morgan fingerprint density at radius 2 is 1.07 bits per heavy atom. The van der Waals surface area contributed by atoms with Crippen LogP contribution in [-0.2, 0) is 4.43 Å². The Hall–Kier alpha value is -2.40. The van der Waals surface area contributed by atoms with E-state index in [4.69, 9.17) is 9.53 Å². The molecule has 0 saturated heterocycles. The third-order valence-electron chi connectivity index (χ3n) is 5.56. The van der Waals surface area contributed by atoms with Crippen LogP contribution in [0.3, 0.4) is 0 Å². The van der Waals surface area contributed by atoms with Crippen molar-refractivity contribution in [1.29, 1.82) is 0 Å². The van der Waals surface area contributed by atoms with Crippen molar-refractivity contribution < 1.29 is 19.1 Å². The number of carbonyl (C=O) groups is 2. The molecule has 2 aromatic rings. The molecule has 0 fully saturated rings. The molecule has 0 spiro atoms. The minimum atomic E-state index is -2.27. The number of carbonyl (C=O) groups excluding carboxylic acids is 1. The van der Waals surface area contributed by atoms with Crippen LogP contribution in [0.2, 0.25) is 16.6 Å². The summed E-state index contributed by atoms with van der Waals surface area (Å²) in [5.74, 6) is -1.20. The minimum Gasteiger partial charge on any atom is -0.515 e. The van der Waals surface area contributed by atoms with Gasteiger partial charge in [-0.1, -0.05) is 65.8 Å². The van der Waals surface area contributed by atoms with Crippen molar-refractivity contribution in [3.05, 3.63) is 59.7 Å². The van der Waals surface area contributed by atoms with Crippen molar-refractivity contribution in [2.24, 2.45) is 0 Å². The first kappa shape index (κ1) is 21.9. The first-order chi connectivity index (χ1) is 13.1. The smallest absolute Gasteiger partial charge is 0.335 e. The van der Waals surface area contributed by atoms with Gasteiger partial charge in [-0.05, 0) is 52.0 Å². The molecule has 2 rings (SSSR count). The van der Waals surface area contributed by atoms with Crippen LogP contribution >= 0.6 is 0 Å². The lowest BCUT2D eigenvalue weighted by atomic mass is 10.0. The largest absolute Gasteiger partial charge is 0.515 e. The van der Waals surface area contributed by atoms with Gasteiger partial charge in [0.1, 0.15) is 0 Å². The van der Waals surface area contributed by atoms with Gasteiger partial charge >= 0.3 is 11.9 Å². The summed E-state index contributed by atoms with van der Waals surface area (Å²) in [6.07, 6.45) is 0. The highest BCUT2D eigenvalue weighted by Crippen LogP contribution is 2.42. The fourth-order valence-corrected chi connectivity index (χ4v) is 9.32. The van der Waals surface area contributed by atoms with Crippen molar-refractivity contribution in [3.63, 3.8) is 0 Å². The van der Waals surface area contributed by atoms with E-state index in [1.807, 2.05) is 12.1 Å². The average molecular weight is 399 g/mol. The summed E-state index contributed by atoms with van der Waals surface area (Å²) < 4.78 is 6.23. The zero-order valence-electron chi connectivity index (χ0n) is 17.5. The van der Waals surface area contributed by atoms with Gasteiger partial charge in [0.2, 0.25) is 0 Å². The molecule has 0 radical (unpaired) electrons. The second-order valence-electron chi connectivity index (χ2n) is 8.17. The van der Waals surface area contributed by atoms with Crippen LogP contribution in [0.5, 0.6) is 0 Å². The number of hydrogen-bond donors (Lipinski definition) is 1. The lowest BCUT2D eigenvalue weighted by molar-refractivity contribution is 0.0690. The highest BCUT2D eigenvalue weighted by atomic mass is 28.4. The molecule has 4 nitrogen and oxygen atoms in total. The minimum absolute atomic E-state index is 0.251. The first-order valence-electron chi connectivity index (χ1n) is 9.76. The predicted molar refractivity (Wildman–Crippen MR) is 115 cm³/mol. The Kier molecular flexibility index (Phi) is 6.83. The maximum Gasteiger partial charge on any atom is 0.335 e. The van der Waals surface area contributed by atoms with E-state index in [0.717, 1.165) is 11.1 Å². The molecule has 0 unspecified atom stereocenters. The van der Waals surface area contributed by atoms with Crippen LogP contribution in [0.25, 0.3) is 11.1 Å². The molecule has 0 amide bonds. The van der Waals surface area contributed by atoms with Gasteiger partial charge in [-0.25, -0.2) is 9.59 Å². The molecule has 28 heavy (non-hydrogen) atoms. The number of carboxylic acid groups (broad SMARTS) is 1. The van der Waals surface area contributed by atoms with E-state index >= 15 is 0 Å². The van der Waals surface area contributed by atoms with Crippen molar-refractivity contribution >= 4 is 20.3 Å². The molecule has 5 heteroatoms. The lowest BCUT2D eigenvalue weighted by Gasteiger charge is -2.41. The molecule has 0 aliphatic carbocycles. The van der Waals surface area contributed by atoms with Gasteiger partial charge in [0.25, 0.3) is 8.32 Å². The summed E-state index contributed by atoms with van der Waals surface area (Å²) in [7, 11) is -2.27. The molecule has 0 heterocycles. The zero-order valence-corrected chi connectivity index (χ0v) is 18.5. The third-order valence-corrected chi connectivity index (χ3v) is 11.5. The van der Waals surface area contributed by atoms with Gasteiger partial charge < -0.3 is 9.53 Å². The van der Waals surface area contributed by atoms with E-state index < -0.39 is 14.3 Å². The first-order valence-corrected chi connectivity index (χ1v) is 11.9. The van der Waals surface area contributed by atoms with Crippen molar-refractivity contribution in [1.82, 2.24) is 0 Å². The Balaban J connectivity index is 2.24. The quantitative estimate of drug-likeness (QED) is 0.549. The molecule has 0 aliphatic rings. The number of hydrogen-bond acceptors (Lipinski definition) is 3. The van der Waals surface area contributed by atoms with E-state index in [0.29, 0.717) is 22.2 Å². The summed E-state index contributed by atoms with van der Waals surface area (Å²) in [4.78, 5) is 23.9. The molecule has 150 valence electrons. The molecule has 0 atom stereocenters. The summed E-state index contributed by atoms with van der Waals surface area (Å²) in [5.41, 5.74) is 3.63. The summed E-state index contributed by atoms with van der Waals surface area (Å²) in [6.45, 7) is 12.9. The standard InChI is InChI=1S/C23H30O4Si/c1-15(2)28(16(3)4,17(5)6)27-23(26)21-13-9-19(10-14-21)18-7-11-20(12-8-18)22(24)25/h7-17H,1-6H3,(H,24,25). The monoisotopic (exact) mass is 398 g/mol. The van der Waals surface area contributed by atoms with Gasteiger partial charge in [-0.15, -0.1) is 0 Å². The van der Waals surface area contributed by atoms with E-state index in [2.05, 4.69) is 41.5 Å². The van der Waals surface area contributed by atoms with Crippen LogP contribution in [-0.4, -0.2) is 25.4 Å². The lowest BCUT2D eigenvalue weighted by Crippen LogP contribution is -2.49. The SMILES string of the molecule is CC(C)[Si](OC(=O)c1ccc(-c2ccc(C(=O)O)cc2)cc1)(C(C)C)C(C)C. The van der Waals surface area contributed by atoms with E-state index in [-0.39, 0.29) is 11.5 Å². The number of benzene rings is 2. The third kappa shape index (κ3) is 4.36. The molecule has 2 aromatic carbocycles. The number of carboxylic acids is 1. The molecule has 0 saturated carbocycles. The average Bonchev–Trinajstić information content (AvgIpc) is 2.65. The van der Waals surface area contributed by atoms with Crippen molar-refractivity contribution in [3.8, 4) is 11.1 Å². The van der Waals surface area contributed by atoms with Crippen LogP contribution < -0.4 is 0 Å². The number of aromatic carboxylic acids is 1. The molecule has 0 aromatic heterocycles. The second-order valence-corrected chi connectivity index (χ2v) is 13.5. The van der Waals surface area contributed by atoms with Gasteiger partial charge in [0, 0.05) is 0 Å². The zero-order chi connectivity index (χ0) is 21.1. The maximum absolute atomic E-state index is 12.9. The van der Waals surface area contributed by atoms with Crippen molar-refractivity contribution in [2.75, 3.05) is 0 Å². The van der Waals surface area contributed by atoms with Gasteiger partial charge in [0.05, 0.1) is 11.1 Å². The maximum atomic E-state index is 12.9. The van der Waals surface area contributed by atoms with E-state index in [9.17, 15) is 9.59 Å². The van der Waals surface area contributed by atoms with Gasteiger partial charge in [-0.3, -0.25) is 0 Å². The molecule has 0 aliphatic heterocycles. The highest BCUT2D eigenvalue weighted by Gasteiger charge is 2.48. The van der Waals surface area contributed by atoms with Crippen LogP contribution in [0, 0.1) is 0 Å². The Morgan fingerprint density at radius 1 is 0.714 bits per heavy atom. The van der Waals surface area contributed by atoms with Crippen LogP contribution in [0.1, 0.15) is 62.3 Å². The second kappa shape index (κ2) is 8.74. The van der Waals surface area contributed by atoms with Crippen LogP contribution in [0.15, 0.2) is 48.5 Å². The van der Waals surface area contributed by atoms with Crippen LogP contribution in [0.4, 0.5) is 0 Å². The molecular weight excluding hydrogens is 368 g/mol. The Bertz CT molecular complexity index is 799. The normalized spacial score (nSPS) is 11.9. The van der Waals surface area contributed by atoms with Crippen molar-refractivity contribution in [2.45, 2.75) is 58.2 Å².